The van der Waals surface area contributed by atoms with E-state index in [1.165, 1.54) is 0 Å². The average molecular weight is 224 g/mol. The molecule has 2 unspecified atom stereocenters. The molecule has 0 aliphatic heterocycles. The summed E-state index contributed by atoms with van der Waals surface area (Å²) in [6, 6.07) is 3.43. The molecule has 0 saturated heterocycles. The molecular formula is C11H16N2O3. The maximum atomic E-state index is 10.6. The molecule has 2 atom stereocenters. The number of carbonyl (C=O) groups excluding carboxylic acids is 1. The van der Waals surface area contributed by atoms with E-state index in [-0.39, 0.29) is 6.42 Å². The van der Waals surface area contributed by atoms with E-state index >= 15 is 0 Å². The average Bonchev–Trinajstić information content (AvgIpc) is 2.15. The Labute approximate surface area is 93.9 Å². The molecule has 0 radical (unpaired) electrons. The van der Waals surface area contributed by atoms with E-state index in [2.05, 4.69) is 4.98 Å². The number of primary amides is 1. The Balaban J connectivity index is 2.87. The molecule has 1 heterocycles. The molecule has 0 aliphatic carbocycles. The number of aliphatic hydroxyl groups is 2. The van der Waals surface area contributed by atoms with Gasteiger partial charge in [-0.1, -0.05) is 6.07 Å². The van der Waals surface area contributed by atoms with Crippen molar-refractivity contribution < 1.29 is 15.0 Å². The van der Waals surface area contributed by atoms with Gasteiger partial charge in [-0.25, -0.2) is 0 Å². The largest absolute Gasteiger partial charge is 0.390 e. The van der Waals surface area contributed by atoms with Crippen molar-refractivity contribution in [2.75, 3.05) is 0 Å². The first-order valence-electron chi connectivity index (χ1n) is 5.00. The standard InChI is InChI=1S/C11H16N2O3/c1-6-3-4-8(7(2)13-6)11(16)9(14)5-10(12)15/h3-4,9,11,14,16H,5H2,1-2H3,(H2,12,15). The van der Waals surface area contributed by atoms with Crippen LogP contribution in [-0.2, 0) is 4.79 Å². The van der Waals surface area contributed by atoms with E-state index < -0.39 is 18.1 Å². The van der Waals surface area contributed by atoms with Gasteiger partial charge in [0.25, 0.3) is 0 Å². The maximum Gasteiger partial charge on any atom is 0.220 e. The molecule has 16 heavy (non-hydrogen) atoms. The van der Waals surface area contributed by atoms with Crippen LogP contribution in [0.2, 0.25) is 0 Å². The molecular weight excluding hydrogens is 208 g/mol. The molecule has 1 aromatic rings. The number of hydrogen-bond acceptors (Lipinski definition) is 4. The molecule has 0 spiro atoms. The van der Waals surface area contributed by atoms with Gasteiger partial charge in [-0.3, -0.25) is 9.78 Å². The predicted molar refractivity (Wildman–Crippen MR) is 58.5 cm³/mol. The van der Waals surface area contributed by atoms with Crippen LogP contribution >= 0.6 is 0 Å². The van der Waals surface area contributed by atoms with Gasteiger partial charge in [-0.15, -0.1) is 0 Å². The first kappa shape index (κ1) is 12.6. The fourth-order valence-corrected chi connectivity index (χ4v) is 1.53. The first-order valence-corrected chi connectivity index (χ1v) is 5.00. The van der Waals surface area contributed by atoms with E-state index in [9.17, 15) is 15.0 Å². The van der Waals surface area contributed by atoms with Crippen LogP contribution in [-0.4, -0.2) is 27.2 Å². The molecule has 5 nitrogen and oxygen atoms in total. The third-order valence-corrected chi connectivity index (χ3v) is 2.36. The van der Waals surface area contributed by atoms with Gasteiger partial charge in [-0.2, -0.15) is 0 Å². The van der Waals surface area contributed by atoms with Crippen molar-refractivity contribution in [3.63, 3.8) is 0 Å². The lowest BCUT2D eigenvalue weighted by molar-refractivity contribution is -0.121. The zero-order valence-electron chi connectivity index (χ0n) is 9.34. The molecule has 0 aliphatic rings. The fraction of sp³-hybridized carbons (Fsp3) is 0.455. The molecule has 0 fully saturated rings. The molecule has 4 N–H and O–H groups in total. The molecule has 1 rings (SSSR count). The highest BCUT2D eigenvalue weighted by molar-refractivity contribution is 5.74. The second-order valence-electron chi connectivity index (χ2n) is 3.81. The molecule has 0 aromatic carbocycles. The highest BCUT2D eigenvalue weighted by Crippen LogP contribution is 2.21. The smallest absolute Gasteiger partial charge is 0.220 e. The number of nitrogens with zero attached hydrogens (tertiary/aromatic N) is 1. The highest BCUT2D eigenvalue weighted by Gasteiger charge is 2.22. The number of aryl methyl sites for hydroxylation is 2. The van der Waals surface area contributed by atoms with E-state index in [4.69, 9.17) is 5.73 Å². The van der Waals surface area contributed by atoms with Gasteiger partial charge in [0.1, 0.15) is 6.10 Å². The van der Waals surface area contributed by atoms with E-state index in [1.807, 2.05) is 6.92 Å². The van der Waals surface area contributed by atoms with Crippen molar-refractivity contribution in [1.29, 1.82) is 0 Å². The second kappa shape index (κ2) is 5.05. The number of nitrogens with two attached hydrogens (primary N) is 1. The van der Waals surface area contributed by atoms with Gasteiger partial charge in [0.2, 0.25) is 5.91 Å². The first-order chi connectivity index (χ1) is 7.41. The third kappa shape index (κ3) is 3.01. The van der Waals surface area contributed by atoms with Gasteiger partial charge in [0, 0.05) is 17.0 Å². The zero-order valence-corrected chi connectivity index (χ0v) is 9.34. The van der Waals surface area contributed by atoms with E-state index in [0.29, 0.717) is 11.3 Å². The Bertz CT molecular complexity index is 393. The van der Waals surface area contributed by atoms with Crippen molar-refractivity contribution in [3.05, 3.63) is 29.1 Å². The van der Waals surface area contributed by atoms with Crippen molar-refractivity contribution in [2.24, 2.45) is 5.73 Å². The fourth-order valence-electron chi connectivity index (χ4n) is 1.53. The summed E-state index contributed by atoms with van der Waals surface area (Å²) in [6.45, 7) is 3.57. The lowest BCUT2D eigenvalue weighted by atomic mass is 10.0. The monoisotopic (exact) mass is 224 g/mol. The molecule has 1 aromatic heterocycles. The summed E-state index contributed by atoms with van der Waals surface area (Å²) in [4.78, 5) is 14.8. The van der Waals surface area contributed by atoms with Gasteiger partial charge in [-0.05, 0) is 19.9 Å². The van der Waals surface area contributed by atoms with E-state index in [1.54, 1.807) is 19.1 Å². The number of aliphatic hydroxyl groups excluding tert-OH is 2. The van der Waals surface area contributed by atoms with Crippen LogP contribution in [0.1, 0.15) is 29.5 Å². The van der Waals surface area contributed by atoms with Crippen molar-refractivity contribution in [2.45, 2.75) is 32.5 Å². The Hall–Kier alpha value is -1.46. The molecule has 88 valence electrons. The quantitative estimate of drug-likeness (QED) is 0.669. The Morgan fingerprint density at radius 2 is 2.06 bits per heavy atom. The predicted octanol–water partition coefficient (Wildman–Crippen LogP) is -0.0319. The van der Waals surface area contributed by atoms with Gasteiger partial charge in [0.05, 0.1) is 12.5 Å². The lowest BCUT2D eigenvalue weighted by Crippen LogP contribution is -2.26. The summed E-state index contributed by atoms with van der Waals surface area (Å²) in [5, 5.41) is 19.4. The number of aromatic nitrogens is 1. The number of rotatable bonds is 4. The number of carbonyl (C=O) groups is 1. The summed E-state index contributed by atoms with van der Waals surface area (Å²) in [7, 11) is 0. The minimum atomic E-state index is -1.19. The summed E-state index contributed by atoms with van der Waals surface area (Å²) in [6.07, 6.45) is -2.60. The summed E-state index contributed by atoms with van der Waals surface area (Å²) in [5.41, 5.74) is 6.93. The molecule has 1 amide bonds. The van der Waals surface area contributed by atoms with Crippen LogP contribution < -0.4 is 5.73 Å². The molecule has 0 saturated carbocycles. The zero-order chi connectivity index (χ0) is 12.3. The van der Waals surface area contributed by atoms with Crippen LogP contribution in [0.3, 0.4) is 0 Å². The van der Waals surface area contributed by atoms with Crippen LogP contribution in [0.5, 0.6) is 0 Å². The minimum Gasteiger partial charge on any atom is -0.390 e. The number of pyridine rings is 1. The Kier molecular flexibility index (Phi) is 3.98. The van der Waals surface area contributed by atoms with E-state index in [0.717, 1.165) is 5.69 Å². The Morgan fingerprint density at radius 3 is 2.56 bits per heavy atom. The maximum absolute atomic E-state index is 10.6. The van der Waals surface area contributed by atoms with Gasteiger partial charge >= 0.3 is 0 Å². The van der Waals surface area contributed by atoms with Crippen LogP contribution in [0.25, 0.3) is 0 Å². The second-order valence-corrected chi connectivity index (χ2v) is 3.81. The number of amides is 1. The lowest BCUT2D eigenvalue weighted by Gasteiger charge is -2.18. The molecule has 0 bridgehead atoms. The summed E-state index contributed by atoms with van der Waals surface area (Å²) in [5.74, 6) is -0.649. The molecule has 5 heteroatoms. The summed E-state index contributed by atoms with van der Waals surface area (Å²) >= 11 is 0. The van der Waals surface area contributed by atoms with Crippen LogP contribution in [0.4, 0.5) is 0 Å². The van der Waals surface area contributed by atoms with Crippen molar-refractivity contribution in [1.82, 2.24) is 4.98 Å². The number of hydrogen-bond donors (Lipinski definition) is 3. The topological polar surface area (TPSA) is 96.4 Å². The normalized spacial score (nSPS) is 14.5. The van der Waals surface area contributed by atoms with Crippen LogP contribution in [0, 0.1) is 13.8 Å². The summed E-state index contributed by atoms with van der Waals surface area (Å²) < 4.78 is 0. The highest BCUT2D eigenvalue weighted by atomic mass is 16.3. The van der Waals surface area contributed by atoms with Gasteiger partial charge in [0.15, 0.2) is 0 Å². The minimum absolute atomic E-state index is 0.269. The SMILES string of the molecule is Cc1ccc(C(O)C(O)CC(N)=O)c(C)n1. The van der Waals surface area contributed by atoms with Gasteiger partial charge < -0.3 is 15.9 Å². The van der Waals surface area contributed by atoms with Crippen LogP contribution in [0.15, 0.2) is 12.1 Å². The van der Waals surface area contributed by atoms with Crippen molar-refractivity contribution in [3.8, 4) is 0 Å². The Morgan fingerprint density at radius 1 is 1.44 bits per heavy atom. The van der Waals surface area contributed by atoms with Crippen molar-refractivity contribution >= 4 is 5.91 Å². The third-order valence-electron chi connectivity index (χ3n) is 2.36.